The van der Waals surface area contributed by atoms with Gasteiger partial charge in [-0.15, -0.1) is 0 Å². The lowest BCUT2D eigenvalue weighted by Crippen LogP contribution is -2.48. The van der Waals surface area contributed by atoms with Crippen molar-refractivity contribution in [2.45, 2.75) is 43.9 Å². The summed E-state index contributed by atoms with van der Waals surface area (Å²) < 4.78 is 16.7. The van der Waals surface area contributed by atoms with Crippen molar-refractivity contribution in [1.82, 2.24) is 0 Å². The molecule has 0 aromatic heterocycles. The molecular weight excluding hydrogens is 260 g/mol. The van der Waals surface area contributed by atoms with Crippen LogP contribution in [0.1, 0.15) is 25.0 Å². The number of fused-ring (bicyclic) bond motifs is 1. The molecule has 2 aliphatic rings. The Morgan fingerprint density at radius 2 is 2.05 bits per heavy atom. The first-order valence-electron chi connectivity index (χ1n) is 6.90. The van der Waals surface area contributed by atoms with E-state index < -0.39 is 24.4 Å². The Kier molecular flexibility index (Phi) is 3.74. The van der Waals surface area contributed by atoms with Gasteiger partial charge in [0.2, 0.25) is 0 Å². The molecule has 2 heterocycles. The largest absolute Gasteiger partial charge is 0.456 e. The molecule has 5 nitrogen and oxygen atoms in total. The maximum Gasteiger partial charge on any atom is 0.308 e. The third-order valence-corrected chi connectivity index (χ3v) is 3.78. The van der Waals surface area contributed by atoms with E-state index in [4.69, 9.17) is 14.2 Å². The van der Waals surface area contributed by atoms with Gasteiger partial charge in [0.1, 0.15) is 18.3 Å². The van der Waals surface area contributed by atoms with E-state index in [9.17, 15) is 9.90 Å². The van der Waals surface area contributed by atoms with E-state index in [1.54, 1.807) is 0 Å². The Morgan fingerprint density at radius 1 is 1.30 bits per heavy atom. The summed E-state index contributed by atoms with van der Waals surface area (Å²) in [4.78, 5) is 11.6. The van der Waals surface area contributed by atoms with Gasteiger partial charge in [0, 0.05) is 6.61 Å². The van der Waals surface area contributed by atoms with Crippen LogP contribution in [0.3, 0.4) is 0 Å². The molecule has 2 aliphatic heterocycles. The highest BCUT2D eigenvalue weighted by molar-refractivity contribution is 5.71. The fraction of sp³-hybridized carbons (Fsp3) is 0.533. The van der Waals surface area contributed by atoms with Gasteiger partial charge in [-0.2, -0.15) is 0 Å². The van der Waals surface area contributed by atoms with Crippen molar-refractivity contribution < 1.29 is 24.1 Å². The van der Waals surface area contributed by atoms with Gasteiger partial charge in [-0.25, -0.2) is 0 Å². The summed E-state index contributed by atoms with van der Waals surface area (Å²) in [5.74, 6) is -0.346. The number of aliphatic hydroxyl groups is 1. The Balaban J connectivity index is 1.84. The highest BCUT2D eigenvalue weighted by Crippen LogP contribution is 2.39. The summed E-state index contributed by atoms with van der Waals surface area (Å²) >= 11 is 0. The third-order valence-electron chi connectivity index (χ3n) is 3.78. The molecule has 1 aromatic carbocycles. The summed E-state index contributed by atoms with van der Waals surface area (Å²) in [7, 11) is 0. The van der Waals surface area contributed by atoms with Crippen molar-refractivity contribution >= 4 is 5.97 Å². The van der Waals surface area contributed by atoms with Crippen LogP contribution < -0.4 is 0 Å². The van der Waals surface area contributed by atoms with Gasteiger partial charge in [-0.1, -0.05) is 30.3 Å². The van der Waals surface area contributed by atoms with Crippen LogP contribution in [0.15, 0.2) is 30.3 Å². The van der Waals surface area contributed by atoms with Gasteiger partial charge in [-0.3, -0.25) is 4.79 Å². The minimum Gasteiger partial charge on any atom is -0.456 e. The molecular formula is C15H18O5. The van der Waals surface area contributed by atoms with Crippen molar-refractivity contribution in [3.05, 3.63) is 35.9 Å². The lowest BCUT2D eigenvalue weighted by Gasteiger charge is -2.32. The quantitative estimate of drug-likeness (QED) is 0.842. The third kappa shape index (κ3) is 2.32. The van der Waals surface area contributed by atoms with E-state index in [2.05, 4.69) is 0 Å². The van der Waals surface area contributed by atoms with E-state index in [-0.39, 0.29) is 18.5 Å². The first-order chi connectivity index (χ1) is 9.70. The van der Waals surface area contributed by atoms with Crippen LogP contribution in [0.2, 0.25) is 0 Å². The van der Waals surface area contributed by atoms with Gasteiger partial charge >= 0.3 is 5.97 Å². The van der Waals surface area contributed by atoms with Gasteiger partial charge in [0.25, 0.3) is 0 Å². The lowest BCUT2D eigenvalue weighted by atomic mass is 9.96. The van der Waals surface area contributed by atoms with Crippen LogP contribution in [-0.2, 0) is 19.0 Å². The molecule has 20 heavy (non-hydrogen) atoms. The van der Waals surface area contributed by atoms with Crippen molar-refractivity contribution in [2.24, 2.45) is 0 Å². The normalized spacial score (nSPS) is 36.5. The van der Waals surface area contributed by atoms with Crippen LogP contribution in [0.25, 0.3) is 0 Å². The Bertz CT molecular complexity index is 474. The monoisotopic (exact) mass is 278 g/mol. The van der Waals surface area contributed by atoms with Crippen LogP contribution in [0, 0.1) is 0 Å². The Morgan fingerprint density at radius 3 is 2.75 bits per heavy atom. The molecule has 2 saturated heterocycles. The number of esters is 1. The molecule has 0 radical (unpaired) electrons. The Labute approximate surface area is 117 Å². The van der Waals surface area contributed by atoms with Crippen LogP contribution in [0.4, 0.5) is 0 Å². The predicted molar refractivity (Wildman–Crippen MR) is 70.0 cm³/mol. The minimum atomic E-state index is -0.866. The molecule has 3 rings (SSSR count). The number of aliphatic hydroxyl groups excluding tert-OH is 1. The predicted octanol–water partition coefficient (Wildman–Crippen LogP) is 1.21. The standard InChI is InChI=1S/C15H18O5/c1-2-18-10-8-11(16)19-15-12(17)13(20-14(10)15)9-6-4-3-5-7-9/h3-7,10,12-15,17H,2,8H2,1H3/t10-,12+,13+,14-,15-/m0/s1. The summed E-state index contributed by atoms with van der Waals surface area (Å²) in [6.45, 7) is 2.37. The van der Waals surface area contributed by atoms with Gasteiger partial charge in [-0.05, 0) is 12.5 Å². The molecule has 0 unspecified atom stereocenters. The first kappa shape index (κ1) is 13.5. The van der Waals surface area contributed by atoms with E-state index in [0.29, 0.717) is 6.61 Å². The summed E-state index contributed by atoms with van der Waals surface area (Å²) in [6, 6.07) is 9.46. The second-order valence-corrected chi connectivity index (χ2v) is 5.07. The van der Waals surface area contributed by atoms with Crippen molar-refractivity contribution in [3.63, 3.8) is 0 Å². The lowest BCUT2D eigenvalue weighted by molar-refractivity contribution is -0.181. The zero-order chi connectivity index (χ0) is 14.1. The Hall–Kier alpha value is -1.43. The van der Waals surface area contributed by atoms with Gasteiger partial charge < -0.3 is 19.3 Å². The van der Waals surface area contributed by atoms with Crippen molar-refractivity contribution in [3.8, 4) is 0 Å². The topological polar surface area (TPSA) is 65.0 Å². The van der Waals surface area contributed by atoms with Crippen LogP contribution in [-0.4, -0.2) is 42.1 Å². The number of benzene rings is 1. The van der Waals surface area contributed by atoms with Crippen molar-refractivity contribution in [1.29, 1.82) is 0 Å². The molecule has 1 N–H and O–H groups in total. The number of ether oxygens (including phenoxy) is 3. The molecule has 1 aromatic rings. The number of hydrogen-bond acceptors (Lipinski definition) is 5. The number of hydrogen-bond donors (Lipinski definition) is 1. The number of carbonyl (C=O) groups is 1. The van der Waals surface area contributed by atoms with Crippen molar-refractivity contribution in [2.75, 3.05) is 6.61 Å². The number of rotatable bonds is 3. The first-order valence-corrected chi connectivity index (χ1v) is 6.90. The molecule has 0 bridgehead atoms. The van der Waals surface area contributed by atoms with Gasteiger partial charge in [0.05, 0.1) is 12.5 Å². The fourth-order valence-electron chi connectivity index (χ4n) is 2.90. The SMILES string of the molecule is CCO[C@H]1CC(=O)O[C@H]2[C@H](O)[C@@H](c3ccccc3)O[C@H]21. The zero-order valence-corrected chi connectivity index (χ0v) is 11.3. The molecule has 0 amide bonds. The van der Waals surface area contributed by atoms with Gasteiger partial charge in [0.15, 0.2) is 6.10 Å². The molecule has 0 aliphatic carbocycles. The summed E-state index contributed by atoms with van der Waals surface area (Å²) in [5, 5.41) is 10.4. The molecule has 108 valence electrons. The second kappa shape index (κ2) is 5.52. The molecule has 5 heteroatoms. The zero-order valence-electron chi connectivity index (χ0n) is 11.3. The van der Waals surface area contributed by atoms with Crippen LogP contribution >= 0.6 is 0 Å². The summed E-state index contributed by atoms with van der Waals surface area (Å²) in [6.07, 6.45) is -2.60. The van der Waals surface area contributed by atoms with E-state index >= 15 is 0 Å². The van der Waals surface area contributed by atoms with E-state index in [0.717, 1.165) is 5.56 Å². The molecule has 0 saturated carbocycles. The maximum absolute atomic E-state index is 11.6. The smallest absolute Gasteiger partial charge is 0.308 e. The maximum atomic E-state index is 11.6. The molecule has 5 atom stereocenters. The average Bonchev–Trinajstić information content (AvgIpc) is 2.78. The van der Waals surface area contributed by atoms with Crippen LogP contribution in [0.5, 0.6) is 0 Å². The fourth-order valence-corrected chi connectivity index (χ4v) is 2.90. The highest BCUT2D eigenvalue weighted by atomic mass is 16.6. The molecule has 0 spiro atoms. The minimum absolute atomic E-state index is 0.170. The average molecular weight is 278 g/mol. The van der Waals surface area contributed by atoms with E-state index in [1.807, 2.05) is 37.3 Å². The second-order valence-electron chi connectivity index (χ2n) is 5.07. The molecule has 2 fully saturated rings. The summed E-state index contributed by atoms with van der Waals surface area (Å²) in [5.41, 5.74) is 0.876. The number of carbonyl (C=O) groups excluding carboxylic acids is 1. The van der Waals surface area contributed by atoms with E-state index in [1.165, 1.54) is 0 Å². The highest BCUT2D eigenvalue weighted by Gasteiger charge is 2.53.